The van der Waals surface area contributed by atoms with Crippen molar-refractivity contribution in [2.75, 3.05) is 69.3 Å². The van der Waals surface area contributed by atoms with Crippen molar-refractivity contribution < 1.29 is 42.9 Å². The SMILES string of the molecule is Cc1c(C)c(OC(=O)CCC(=O)OCCC2CCN(CCSCCN3CCC(CCOC(=O)CCC(=O)Oc4c(C)c(C)c5c(c4C)CC[C@@](C)(CCC[C@H](C)CCC[C@H](C)CCCC(C)C)O5)CC3)CC2)c(C)c2c1N[C@](C)(CCC[C@H](C)CCC[C@H](C)CCCC(C)C)CC2. The Morgan fingerprint density at radius 3 is 1.33 bits per heavy atom. The third kappa shape index (κ3) is 28.5. The third-order valence-electron chi connectivity index (χ3n) is 23.5. The zero-order valence-electron chi connectivity index (χ0n) is 64.8. The van der Waals surface area contributed by atoms with Crippen molar-refractivity contribution in [1.82, 2.24) is 9.80 Å². The highest BCUT2D eigenvalue weighted by atomic mass is 32.2. The Morgan fingerprint density at radius 2 is 0.876 bits per heavy atom. The first-order valence-corrected chi connectivity index (χ1v) is 40.8. The molecule has 6 rings (SSSR count). The van der Waals surface area contributed by atoms with Gasteiger partial charge in [0.15, 0.2) is 0 Å². The molecule has 2 aromatic rings. The van der Waals surface area contributed by atoms with Crippen molar-refractivity contribution >= 4 is 41.3 Å². The van der Waals surface area contributed by atoms with Crippen molar-refractivity contribution in [1.29, 1.82) is 0 Å². The van der Waals surface area contributed by atoms with Crippen LogP contribution in [-0.2, 0) is 41.5 Å². The first-order valence-electron chi connectivity index (χ1n) is 39.7. The molecule has 0 saturated carbocycles. The number of likely N-dealkylation sites (tertiary alicyclic amines) is 2. The molecule has 4 aliphatic rings. The van der Waals surface area contributed by atoms with E-state index in [1.807, 2.05) is 25.6 Å². The van der Waals surface area contributed by atoms with Crippen LogP contribution in [0.5, 0.6) is 17.2 Å². The molecule has 4 heterocycles. The number of nitrogens with one attached hydrogen (secondary N) is 1. The molecule has 0 aromatic heterocycles. The molecule has 0 bridgehead atoms. The number of fused-ring (bicyclic) bond motifs is 2. The van der Waals surface area contributed by atoms with Crippen LogP contribution in [0.3, 0.4) is 0 Å². The van der Waals surface area contributed by atoms with Crippen LogP contribution in [0, 0.1) is 88.9 Å². The molecule has 1 N–H and O–H groups in total. The highest BCUT2D eigenvalue weighted by Gasteiger charge is 2.36. The lowest BCUT2D eigenvalue weighted by molar-refractivity contribution is -0.147. The first-order chi connectivity index (χ1) is 46.2. The molecule has 2 aromatic carbocycles. The minimum Gasteiger partial charge on any atom is -0.487 e. The fraction of sp³-hybridized carbons (Fsp3) is 0.810. The highest BCUT2D eigenvalue weighted by Crippen LogP contribution is 2.47. The van der Waals surface area contributed by atoms with Crippen molar-refractivity contribution in [2.45, 2.75) is 327 Å². The van der Waals surface area contributed by atoms with Crippen molar-refractivity contribution in [3.8, 4) is 17.2 Å². The van der Waals surface area contributed by atoms with Crippen LogP contribution in [0.4, 0.5) is 5.69 Å². The van der Waals surface area contributed by atoms with Gasteiger partial charge in [0.05, 0.1) is 38.9 Å². The minimum atomic E-state index is -0.404. The molecule has 13 heteroatoms. The molecule has 12 nitrogen and oxygen atoms in total. The summed E-state index contributed by atoms with van der Waals surface area (Å²) in [6, 6.07) is 0. The van der Waals surface area contributed by atoms with E-state index < -0.39 is 5.97 Å². The third-order valence-corrected chi connectivity index (χ3v) is 24.4. The van der Waals surface area contributed by atoms with Crippen LogP contribution in [0.25, 0.3) is 0 Å². The second-order valence-corrected chi connectivity index (χ2v) is 34.4. The molecule has 0 unspecified atom stereocenters. The van der Waals surface area contributed by atoms with Crippen molar-refractivity contribution in [2.24, 2.45) is 47.3 Å². The van der Waals surface area contributed by atoms with Gasteiger partial charge in [0.1, 0.15) is 22.8 Å². The summed E-state index contributed by atoms with van der Waals surface area (Å²) in [6.45, 7) is 43.4. The van der Waals surface area contributed by atoms with Gasteiger partial charge in [-0.2, -0.15) is 11.8 Å². The molecular weight excluding hydrogens is 1230 g/mol. The molecule has 4 aliphatic heterocycles. The Hall–Kier alpha value is -3.81. The van der Waals surface area contributed by atoms with Crippen LogP contribution < -0.4 is 19.5 Å². The second kappa shape index (κ2) is 41.9. The predicted molar refractivity (Wildman–Crippen MR) is 405 cm³/mol. The van der Waals surface area contributed by atoms with E-state index >= 15 is 0 Å². The zero-order chi connectivity index (χ0) is 70.7. The van der Waals surface area contributed by atoms with E-state index in [9.17, 15) is 19.2 Å². The van der Waals surface area contributed by atoms with E-state index in [1.54, 1.807) is 0 Å². The molecule has 0 radical (unpaired) electrons. The van der Waals surface area contributed by atoms with E-state index in [0.29, 0.717) is 36.5 Å². The van der Waals surface area contributed by atoms with E-state index in [1.165, 1.54) is 114 Å². The molecule has 2 fully saturated rings. The lowest BCUT2D eigenvalue weighted by Gasteiger charge is -2.40. The van der Waals surface area contributed by atoms with Crippen LogP contribution in [0.1, 0.15) is 306 Å². The molecule has 0 amide bonds. The molecule has 0 aliphatic carbocycles. The number of piperidine rings is 2. The lowest BCUT2D eigenvalue weighted by atomic mass is 9.80. The largest absolute Gasteiger partial charge is 0.487 e. The monoisotopic (exact) mass is 1370 g/mol. The van der Waals surface area contributed by atoms with Gasteiger partial charge in [0, 0.05) is 41.4 Å². The summed E-state index contributed by atoms with van der Waals surface area (Å²) >= 11 is 2.04. The van der Waals surface area contributed by atoms with Crippen LogP contribution >= 0.6 is 11.8 Å². The van der Waals surface area contributed by atoms with Gasteiger partial charge in [0.2, 0.25) is 0 Å². The summed E-state index contributed by atoms with van der Waals surface area (Å²) in [5.74, 6) is 8.91. The summed E-state index contributed by atoms with van der Waals surface area (Å²) in [4.78, 5) is 57.2. The summed E-state index contributed by atoms with van der Waals surface area (Å²) in [6.07, 6.45) is 33.4. The number of benzene rings is 2. The van der Waals surface area contributed by atoms with Gasteiger partial charge in [0.25, 0.3) is 0 Å². The number of nitrogens with zero attached hydrogens (tertiary/aromatic N) is 2. The van der Waals surface area contributed by atoms with Crippen LogP contribution in [-0.4, -0.2) is 109 Å². The first kappa shape index (κ1) is 82.1. The Kier molecular flexibility index (Phi) is 35.5. The average molecular weight is 1370 g/mol. The van der Waals surface area contributed by atoms with Crippen LogP contribution in [0.15, 0.2) is 0 Å². The van der Waals surface area contributed by atoms with Gasteiger partial charge in [-0.3, -0.25) is 19.2 Å². The Balaban J connectivity index is 0.748. The maximum absolute atomic E-state index is 13.2. The number of thioether (sulfide) groups is 1. The molecule has 97 heavy (non-hydrogen) atoms. The summed E-state index contributed by atoms with van der Waals surface area (Å²) in [5.41, 5.74) is 9.53. The number of esters is 4. The van der Waals surface area contributed by atoms with E-state index in [-0.39, 0.29) is 54.7 Å². The van der Waals surface area contributed by atoms with E-state index in [4.69, 9.17) is 23.7 Å². The Morgan fingerprint density at radius 1 is 0.485 bits per heavy atom. The fourth-order valence-corrected chi connectivity index (χ4v) is 17.0. The van der Waals surface area contributed by atoms with E-state index in [2.05, 4.69) is 112 Å². The van der Waals surface area contributed by atoms with Crippen molar-refractivity contribution in [3.05, 3.63) is 44.5 Å². The topological polar surface area (TPSA) is 133 Å². The smallest absolute Gasteiger partial charge is 0.311 e. The van der Waals surface area contributed by atoms with E-state index in [0.717, 1.165) is 208 Å². The number of anilines is 1. The second-order valence-electron chi connectivity index (χ2n) is 33.2. The maximum Gasteiger partial charge on any atom is 0.311 e. The van der Waals surface area contributed by atoms with Gasteiger partial charge >= 0.3 is 23.9 Å². The lowest BCUT2D eigenvalue weighted by Crippen LogP contribution is -2.39. The van der Waals surface area contributed by atoms with Gasteiger partial charge < -0.3 is 38.8 Å². The van der Waals surface area contributed by atoms with Gasteiger partial charge in [-0.05, 0) is 251 Å². The molecule has 6 atom stereocenters. The number of hydrogen-bond donors (Lipinski definition) is 1. The fourth-order valence-electron chi connectivity index (χ4n) is 16.1. The van der Waals surface area contributed by atoms with Gasteiger partial charge in [-0.1, -0.05) is 152 Å². The number of carbonyl (C=O) groups excluding carboxylic acids is 4. The maximum atomic E-state index is 13.2. The molecule has 0 spiro atoms. The zero-order valence-corrected chi connectivity index (χ0v) is 65.6. The molecular formula is C84H141N3O9S. The Labute approximate surface area is 596 Å². The number of hydrogen-bond acceptors (Lipinski definition) is 13. The van der Waals surface area contributed by atoms with Crippen molar-refractivity contribution in [3.63, 3.8) is 0 Å². The highest BCUT2D eigenvalue weighted by molar-refractivity contribution is 7.99. The van der Waals surface area contributed by atoms with Gasteiger partial charge in [-0.25, -0.2) is 0 Å². The Bertz CT molecular complexity index is 2550. The standard InChI is InChI=1S/C84H141N3O9S/c1-59(2)23-17-25-61(5)27-19-29-63(7)31-21-45-83(15)47-37-73-69(13)80(66(10)65(9)79(73)85-83)94-77(90)35-33-75(88)92-55-43-71-39-49-86(50-40-71)53-57-97-58-54-87-51-41-72(42-52-87)44-56-93-76(89)34-36-78(91)95-81-67(11)68(12)82-74(70(81)14)38-48-84(16,96-82)46-22-32-64(8)30-20-28-62(6)26-18-24-60(3)4/h59-64,71-72,85H,17-58H2,1-16H3/t61-,62-,63-,64-,83-,84-/m1/s1. The summed E-state index contributed by atoms with van der Waals surface area (Å²) in [5, 5.41) is 3.97. The quantitative estimate of drug-likeness (QED) is 0.0384. The summed E-state index contributed by atoms with van der Waals surface area (Å²) < 4.78 is 30.2. The van der Waals surface area contributed by atoms with Crippen LogP contribution in [0.2, 0.25) is 0 Å². The molecule has 552 valence electrons. The number of ether oxygens (including phenoxy) is 5. The average Bonchev–Trinajstić information content (AvgIpc) is 0.808. The number of carbonyl (C=O) groups is 4. The minimum absolute atomic E-state index is 0.00625. The number of rotatable bonds is 44. The normalized spacial score (nSPS) is 20.0. The molecule has 2 saturated heterocycles. The summed E-state index contributed by atoms with van der Waals surface area (Å²) in [7, 11) is 0. The van der Waals surface area contributed by atoms with Gasteiger partial charge in [-0.15, -0.1) is 0 Å². The predicted octanol–water partition coefficient (Wildman–Crippen LogP) is 20.7.